The molecule has 0 atom stereocenters. The number of piperazine rings is 1. The van der Waals surface area contributed by atoms with Gasteiger partial charge in [0.1, 0.15) is 16.9 Å². The molecule has 0 N–H and O–H groups in total. The predicted octanol–water partition coefficient (Wildman–Crippen LogP) is 2.84. The molecule has 0 unspecified atom stereocenters. The highest BCUT2D eigenvalue weighted by atomic mass is 16.3. The molecule has 7 heteroatoms. The van der Waals surface area contributed by atoms with Gasteiger partial charge in [0, 0.05) is 39.3 Å². The minimum Gasteiger partial charge on any atom is -0.441 e. The summed E-state index contributed by atoms with van der Waals surface area (Å²) in [7, 11) is 2.08. The highest BCUT2D eigenvalue weighted by molar-refractivity contribution is 5.93. The average Bonchev–Trinajstić information content (AvgIpc) is 3.29. The fourth-order valence-corrected chi connectivity index (χ4v) is 3.70. The molecule has 1 amide bonds. The van der Waals surface area contributed by atoms with Gasteiger partial charge in [-0.15, -0.1) is 0 Å². The summed E-state index contributed by atoms with van der Waals surface area (Å²) < 4.78 is 7.45. The van der Waals surface area contributed by atoms with Crippen molar-refractivity contribution >= 4 is 22.7 Å². The Morgan fingerprint density at radius 1 is 1.07 bits per heavy atom. The Bertz CT molecular complexity index is 1180. The number of oxazole rings is 1. The largest absolute Gasteiger partial charge is 0.441 e. The summed E-state index contributed by atoms with van der Waals surface area (Å²) in [6, 6.07) is 9.90. The number of fused-ring (bicyclic) bond motifs is 2. The second kappa shape index (κ2) is 6.45. The van der Waals surface area contributed by atoms with Crippen molar-refractivity contribution in [2.45, 2.75) is 6.92 Å². The highest BCUT2D eigenvalue weighted by Gasteiger charge is 2.23. The number of hydrogen-bond donors (Lipinski definition) is 0. The molecule has 0 radical (unpaired) electrons. The molecule has 142 valence electrons. The van der Waals surface area contributed by atoms with Crippen molar-refractivity contribution in [3.63, 3.8) is 0 Å². The molecule has 0 saturated carbocycles. The van der Waals surface area contributed by atoms with Crippen LogP contribution < -0.4 is 0 Å². The maximum Gasteiger partial charge on any atom is 0.272 e. The van der Waals surface area contributed by atoms with Crippen LogP contribution in [-0.2, 0) is 0 Å². The van der Waals surface area contributed by atoms with Crippen LogP contribution in [0.3, 0.4) is 0 Å². The zero-order valence-electron chi connectivity index (χ0n) is 15.9. The van der Waals surface area contributed by atoms with Crippen LogP contribution >= 0.6 is 0 Å². The van der Waals surface area contributed by atoms with E-state index in [1.165, 1.54) is 0 Å². The smallest absolute Gasteiger partial charge is 0.272 e. The van der Waals surface area contributed by atoms with Crippen molar-refractivity contribution in [3.05, 3.63) is 54.3 Å². The van der Waals surface area contributed by atoms with E-state index in [2.05, 4.69) is 21.9 Å². The minimum atomic E-state index is 0.0281. The molecule has 1 fully saturated rings. The number of benzene rings is 1. The van der Waals surface area contributed by atoms with Gasteiger partial charge in [-0.05, 0) is 42.4 Å². The summed E-state index contributed by atoms with van der Waals surface area (Å²) in [5, 5.41) is 0. The molecular weight excluding hydrogens is 354 g/mol. The molecule has 28 heavy (non-hydrogen) atoms. The fraction of sp³-hybridized carbons (Fsp3) is 0.286. The number of rotatable bonds is 2. The van der Waals surface area contributed by atoms with E-state index in [1.807, 2.05) is 52.8 Å². The van der Waals surface area contributed by atoms with E-state index in [-0.39, 0.29) is 5.91 Å². The van der Waals surface area contributed by atoms with Crippen LogP contribution in [-0.4, -0.2) is 63.3 Å². The Hall–Kier alpha value is -3.19. The molecular formula is C21H21N5O2. The SMILES string of the molecule is Cc1nc2cc(-c3ccc4ncc(C(=O)N5CCN(C)CC5)n4c3)ccc2o1. The first kappa shape index (κ1) is 16.9. The summed E-state index contributed by atoms with van der Waals surface area (Å²) >= 11 is 0. The van der Waals surface area contributed by atoms with Crippen molar-refractivity contribution < 1.29 is 9.21 Å². The second-order valence-electron chi connectivity index (χ2n) is 7.30. The number of carbonyl (C=O) groups excluding carboxylic acids is 1. The van der Waals surface area contributed by atoms with Gasteiger partial charge in [-0.2, -0.15) is 0 Å². The van der Waals surface area contributed by atoms with Gasteiger partial charge in [-0.1, -0.05) is 6.07 Å². The Morgan fingerprint density at radius 2 is 1.86 bits per heavy atom. The summed E-state index contributed by atoms with van der Waals surface area (Å²) in [6.07, 6.45) is 3.64. The van der Waals surface area contributed by atoms with E-state index in [0.717, 1.165) is 54.1 Å². The molecule has 1 aromatic carbocycles. The topological polar surface area (TPSA) is 66.9 Å². The number of amides is 1. The maximum absolute atomic E-state index is 13.0. The van der Waals surface area contributed by atoms with Gasteiger partial charge in [-0.25, -0.2) is 9.97 Å². The molecule has 4 aromatic rings. The maximum atomic E-state index is 13.0. The van der Waals surface area contributed by atoms with Gasteiger partial charge in [0.15, 0.2) is 11.5 Å². The van der Waals surface area contributed by atoms with E-state index in [1.54, 1.807) is 6.20 Å². The third kappa shape index (κ3) is 2.84. The average molecular weight is 375 g/mol. The van der Waals surface area contributed by atoms with Crippen LogP contribution in [0.4, 0.5) is 0 Å². The van der Waals surface area contributed by atoms with Crippen molar-refractivity contribution in [2.75, 3.05) is 33.2 Å². The molecule has 4 heterocycles. The van der Waals surface area contributed by atoms with Gasteiger partial charge in [0.05, 0.1) is 6.20 Å². The number of aromatic nitrogens is 3. The number of pyridine rings is 1. The normalized spacial score (nSPS) is 15.6. The second-order valence-corrected chi connectivity index (χ2v) is 7.30. The first-order chi connectivity index (χ1) is 13.6. The number of aryl methyl sites for hydroxylation is 1. The highest BCUT2D eigenvalue weighted by Crippen LogP contribution is 2.26. The van der Waals surface area contributed by atoms with Crippen LogP contribution in [0, 0.1) is 6.92 Å². The van der Waals surface area contributed by atoms with Gasteiger partial charge < -0.3 is 14.2 Å². The summed E-state index contributed by atoms with van der Waals surface area (Å²) in [4.78, 5) is 26.0. The zero-order chi connectivity index (χ0) is 19.3. The van der Waals surface area contributed by atoms with Crippen LogP contribution in [0.1, 0.15) is 16.4 Å². The van der Waals surface area contributed by atoms with Gasteiger partial charge in [0.25, 0.3) is 5.91 Å². The molecule has 0 aliphatic carbocycles. The Morgan fingerprint density at radius 3 is 2.68 bits per heavy atom. The molecule has 1 saturated heterocycles. The molecule has 1 aliphatic rings. The van der Waals surface area contributed by atoms with Crippen LogP contribution in [0.25, 0.3) is 27.9 Å². The van der Waals surface area contributed by atoms with Crippen LogP contribution in [0.2, 0.25) is 0 Å². The third-order valence-electron chi connectivity index (χ3n) is 5.34. The number of nitrogens with zero attached hydrogens (tertiary/aromatic N) is 5. The minimum absolute atomic E-state index is 0.0281. The molecule has 7 nitrogen and oxygen atoms in total. The van der Waals surface area contributed by atoms with Crippen molar-refractivity contribution in [1.29, 1.82) is 0 Å². The van der Waals surface area contributed by atoms with Gasteiger partial charge >= 0.3 is 0 Å². The van der Waals surface area contributed by atoms with Gasteiger partial charge in [0.2, 0.25) is 0 Å². The van der Waals surface area contributed by atoms with E-state index < -0.39 is 0 Å². The predicted molar refractivity (Wildman–Crippen MR) is 106 cm³/mol. The van der Waals surface area contributed by atoms with Crippen LogP contribution in [0.15, 0.2) is 47.1 Å². The number of hydrogen-bond acceptors (Lipinski definition) is 5. The van der Waals surface area contributed by atoms with E-state index >= 15 is 0 Å². The lowest BCUT2D eigenvalue weighted by Gasteiger charge is -2.32. The quantitative estimate of drug-likeness (QED) is 0.539. The first-order valence-electron chi connectivity index (χ1n) is 9.41. The van der Waals surface area contributed by atoms with Gasteiger partial charge in [-0.3, -0.25) is 9.20 Å². The summed E-state index contributed by atoms with van der Waals surface area (Å²) in [5.41, 5.74) is 4.99. The summed E-state index contributed by atoms with van der Waals surface area (Å²) in [5.74, 6) is 0.678. The van der Waals surface area contributed by atoms with Crippen molar-refractivity contribution in [1.82, 2.24) is 24.2 Å². The first-order valence-corrected chi connectivity index (χ1v) is 9.41. The standard InChI is InChI=1S/C21H21N5O2/c1-14-23-17-11-15(3-5-19(17)28-14)16-4-6-20-22-12-18(26(20)13-16)21(27)25-9-7-24(2)8-10-25/h3-6,11-13H,7-10H2,1-2H3. The summed E-state index contributed by atoms with van der Waals surface area (Å²) in [6.45, 7) is 5.11. The van der Waals surface area contributed by atoms with E-state index in [0.29, 0.717) is 11.6 Å². The monoisotopic (exact) mass is 375 g/mol. The lowest BCUT2D eigenvalue weighted by Crippen LogP contribution is -2.47. The third-order valence-corrected chi connectivity index (χ3v) is 5.34. The van der Waals surface area contributed by atoms with E-state index in [4.69, 9.17) is 4.42 Å². The van der Waals surface area contributed by atoms with Crippen molar-refractivity contribution in [3.8, 4) is 11.1 Å². The zero-order valence-corrected chi connectivity index (χ0v) is 15.9. The fourth-order valence-electron chi connectivity index (χ4n) is 3.70. The Labute approximate surface area is 162 Å². The lowest BCUT2D eigenvalue weighted by atomic mass is 10.1. The van der Waals surface area contributed by atoms with Crippen LogP contribution in [0.5, 0.6) is 0 Å². The van der Waals surface area contributed by atoms with Crippen molar-refractivity contribution in [2.24, 2.45) is 0 Å². The molecule has 3 aromatic heterocycles. The number of likely N-dealkylation sites (N-methyl/N-ethyl adjacent to an activating group) is 1. The van der Waals surface area contributed by atoms with E-state index in [9.17, 15) is 4.79 Å². The lowest BCUT2D eigenvalue weighted by molar-refractivity contribution is 0.0657. The molecule has 0 bridgehead atoms. The number of carbonyl (C=O) groups is 1. The molecule has 0 spiro atoms. The number of imidazole rings is 1. The molecule has 1 aliphatic heterocycles. The Kier molecular flexibility index (Phi) is 3.91. The molecule has 5 rings (SSSR count). The Balaban J connectivity index is 1.53.